The SMILES string of the molecule is C[C@H](Nc1nc2ccccn2c(=O)c1[N+](=O)[O-])C(C)(C)CN(C)C. The largest absolute Gasteiger partial charge is 0.376 e. The molecule has 24 heavy (non-hydrogen) atoms. The van der Waals surface area contributed by atoms with Gasteiger partial charge in [-0.05, 0) is 38.6 Å². The number of nitro groups is 1. The number of nitrogens with one attached hydrogen (secondary N) is 1. The number of anilines is 1. The number of aromatic nitrogens is 2. The van der Waals surface area contributed by atoms with Crippen LogP contribution in [-0.2, 0) is 0 Å². The summed E-state index contributed by atoms with van der Waals surface area (Å²) in [7, 11) is 3.94. The van der Waals surface area contributed by atoms with Crippen molar-refractivity contribution in [3.05, 3.63) is 44.9 Å². The van der Waals surface area contributed by atoms with E-state index in [1.165, 1.54) is 10.6 Å². The third-order valence-electron chi connectivity index (χ3n) is 4.14. The first-order chi connectivity index (χ1) is 11.1. The fourth-order valence-corrected chi connectivity index (χ4v) is 2.70. The van der Waals surface area contributed by atoms with Crippen LogP contribution < -0.4 is 10.9 Å². The lowest BCUT2D eigenvalue weighted by Crippen LogP contribution is -2.41. The lowest BCUT2D eigenvalue weighted by molar-refractivity contribution is -0.385. The fraction of sp³-hybridized carbons (Fsp3) is 0.500. The summed E-state index contributed by atoms with van der Waals surface area (Å²) < 4.78 is 1.18. The van der Waals surface area contributed by atoms with Crippen LogP contribution in [0.5, 0.6) is 0 Å². The zero-order valence-corrected chi connectivity index (χ0v) is 14.6. The van der Waals surface area contributed by atoms with Gasteiger partial charge in [0, 0.05) is 18.8 Å². The fourth-order valence-electron chi connectivity index (χ4n) is 2.70. The van der Waals surface area contributed by atoms with Gasteiger partial charge in [-0.1, -0.05) is 19.9 Å². The molecule has 2 aromatic heterocycles. The van der Waals surface area contributed by atoms with Crippen LogP contribution in [0.2, 0.25) is 0 Å². The van der Waals surface area contributed by atoms with Gasteiger partial charge in [-0.25, -0.2) is 4.98 Å². The molecule has 0 aromatic carbocycles. The molecule has 0 bridgehead atoms. The Morgan fingerprint density at radius 3 is 2.67 bits per heavy atom. The van der Waals surface area contributed by atoms with Crippen LogP contribution in [0.25, 0.3) is 5.65 Å². The minimum Gasteiger partial charge on any atom is -0.361 e. The van der Waals surface area contributed by atoms with Crippen LogP contribution in [0, 0.1) is 15.5 Å². The van der Waals surface area contributed by atoms with E-state index in [0.29, 0.717) is 5.65 Å². The lowest BCUT2D eigenvalue weighted by Gasteiger charge is -2.35. The molecule has 130 valence electrons. The second kappa shape index (κ2) is 6.56. The highest BCUT2D eigenvalue weighted by atomic mass is 16.6. The third-order valence-corrected chi connectivity index (χ3v) is 4.14. The molecule has 1 atom stereocenters. The predicted molar refractivity (Wildman–Crippen MR) is 93.5 cm³/mol. The van der Waals surface area contributed by atoms with Crippen LogP contribution in [0.3, 0.4) is 0 Å². The van der Waals surface area contributed by atoms with Gasteiger partial charge in [0.2, 0.25) is 5.82 Å². The summed E-state index contributed by atoms with van der Waals surface area (Å²) in [6, 6.07) is 4.88. The van der Waals surface area contributed by atoms with Crippen molar-refractivity contribution in [1.82, 2.24) is 14.3 Å². The van der Waals surface area contributed by atoms with Gasteiger partial charge < -0.3 is 10.2 Å². The molecule has 0 unspecified atom stereocenters. The number of pyridine rings is 1. The smallest absolute Gasteiger partial charge is 0.361 e. The van der Waals surface area contributed by atoms with E-state index >= 15 is 0 Å². The van der Waals surface area contributed by atoms with Crippen molar-refractivity contribution < 1.29 is 4.92 Å². The number of rotatable bonds is 6. The van der Waals surface area contributed by atoms with E-state index in [1.54, 1.807) is 18.2 Å². The number of nitrogens with zero attached hydrogens (tertiary/aromatic N) is 4. The Morgan fingerprint density at radius 1 is 1.42 bits per heavy atom. The molecule has 0 spiro atoms. The maximum Gasteiger partial charge on any atom is 0.376 e. The zero-order valence-electron chi connectivity index (χ0n) is 14.6. The first-order valence-corrected chi connectivity index (χ1v) is 7.70. The summed E-state index contributed by atoms with van der Waals surface area (Å²) in [6.45, 7) is 6.83. The summed E-state index contributed by atoms with van der Waals surface area (Å²) in [5, 5.41) is 14.5. The molecular weight excluding hydrogens is 310 g/mol. The molecule has 2 heterocycles. The van der Waals surface area contributed by atoms with Crippen molar-refractivity contribution >= 4 is 17.2 Å². The van der Waals surface area contributed by atoms with E-state index in [2.05, 4.69) is 29.0 Å². The Bertz CT molecular complexity index is 813. The Morgan fingerprint density at radius 2 is 2.08 bits per heavy atom. The number of hydrogen-bond acceptors (Lipinski definition) is 6. The molecule has 0 aliphatic rings. The molecule has 0 aliphatic heterocycles. The van der Waals surface area contributed by atoms with E-state index in [0.717, 1.165) is 6.54 Å². The first kappa shape index (κ1) is 17.9. The minimum atomic E-state index is -0.689. The van der Waals surface area contributed by atoms with Crippen LogP contribution in [-0.4, -0.2) is 45.9 Å². The average Bonchev–Trinajstić information content (AvgIpc) is 2.45. The van der Waals surface area contributed by atoms with E-state index in [1.807, 2.05) is 21.0 Å². The minimum absolute atomic E-state index is 0.00975. The Labute approximate surface area is 140 Å². The summed E-state index contributed by atoms with van der Waals surface area (Å²) in [4.78, 5) is 29.5. The van der Waals surface area contributed by atoms with Gasteiger partial charge in [-0.2, -0.15) is 0 Å². The van der Waals surface area contributed by atoms with Gasteiger partial charge >= 0.3 is 11.2 Å². The van der Waals surface area contributed by atoms with Crippen molar-refractivity contribution in [2.45, 2.75) is 26.8 Å². The molecule has 0 amide bonds. The Kier molecular flexibility index (Phi) is 4.88. The van der Waals surface area contributed by atoms with Crippen molar-refractivity contribution in [2.24, 2.45) is 5.41 Å². The second-order valence-corrected chi connectivity index (χ2v) is 6.89. The lowest BCUT2D eigenvalue weighted by atomic mass is 9.85. The molecule has 0 aliphatic carbocycles. The normalized spacial score (nSPS) is 13.2. The topological polar surface area (TPSA) is 92.8 Å². The Balaban J connectivity index is 2.50. The molecule has 2 rings (SSSR count). The molecule has 1 N–H and O–H groups in total. The molecule has 0 fully saturated rings. The predicted octanol–water partition coefficient (Wildman–Crippen LogP) is 1.99. The van der Waals surface area contributed by atoms with Gasteiger partial charge in [0.05, 0.1) is 4.92 Å². The average molecular weight is 333 g/mol. The van der Waals surface area contributed by atoms with E-state index in [9.17, 15) is 14.9 Å². The second-order valence-electron chi connectivity index (χ2n) is 6.89. The monoisotopic (exact) mass is 333 g/mol. The molecule has 8 heteroatoms. The van der Waals surface area contributed by atoms with Crippen LogP contribution >= 0.6 is 0 Å². The number of fused-ring (bicyclic) bond motifs is 1. The first-order valence-electron chi connectivity index (χ1n) is 7.70. The van der Waals surface area contributed by atoms with Crippen molar-refractivity contribution in [1.29, 1.82) is 0 Å². The van der Waals surface area contributed by atoms with Gasteiger partial charge in [0.25, 0.3) is 0 Å². The van der Waals surface area contributed by atoms with Crippen molar-refractivity contribution in [3.63, 3.8) is 0 Å². The van der Waals surface area contributed by atoms with Gasteiger partial charge in [-0.3, -0.25) is 19.3 Å². The van der Waals surface area contributed by atoms with E-state index in [-0.39, 0.29) is 17.3 Å². The third kappa shape index (κ3) is 3.53. The molecule has 8 nitrogen and oxygen atoms in total. The molecule has 0 radical (unpaired) electrons. The van der Waals surface area contributed by atoms with Crippen LogP contribution in [0.15, 0.2) is 29.2 Å². The number of hydrogen-bond donors (Lipinski definition) is 1. The van der Waals surface area contributed by atoms with Crippen molar-refractivity contribution in [2.75, 3.05) is 26.0 Å². The van der Waals surface area contributed by atoms with Crippen molar-refractivity contribution in [3.8, 4) is 0 Å². The summed E-state index contributed by atoms with van der Waals surface area (Å²) in [5.74, 6) is 0.00975. The van der Waals surface area contributed by atoms with Gasteiger partial charge in [-0.15, -0.1) is 0 Å². The maximum absolute atomic E-state index is 12.4. The summed E-state index contributed by atoms with van der Waals surface area (Å²) >= 11 is 0. The van der Waals surface area contributed by atoms with E-state index in [4.69, 9.17) is 0 Å². The van der Waals surface area contributed by atoms with Crippen LogP contribution in [0.1, 0.15) is 20.8 Å². The molecular formula is C16H23N5O3. The van der Waals surface area contributed by atoms with E-state index < -0.39 is 16.2 Å². The van der Waals surface area contributed by atoms with Gasteiger partial charge in [0.1, 0.15) is 5.65 Å². The van der Waals surface area contributed by atoms with Gasteiger partial charge in [0.15, 0.2) is 0 Å². The Hall–Kier alpha value is -2.48. The van der Waals surface area contributed by atoms with Crippen LogP contribution in [0.4, 0.5) is 11.5 Å². The highest BCUT2D eigenvalue weighted by Crippen LogP contribution is 2.27. The molecule has 2 aromatic rings. The molecule has 0 saturated carbocycles. The summed E-state index contributed by atoms with van der Waals surface area (Å²) in [5.41, 5.74) is -1.04. The highest BCUT2D eigenvalue weighted by molar-refractivity contribution is 5.60. The quantitative estimate of drug-likeness (QED) is 0.642. The maximum atomic E-state index is 12.4. The standard InChI is InChI=1S/C16H23N5O3/c1-11(16(2,3)10-19(4)5)17-14-13(21(23)24)15(22)20-9-7-6-8-12(20)18-14/h6-9,11,17H,10H2,1-5H3/t11-/m0/s1. The highest BCUT2D eigenvalue weighted by Gasteiger charge is 2.31. The zero-order chi connectivity index (χ0) is 18.1. The molecule has 0 saturated heterocycles. The summed E-state index contributed by atoms with van der Waals surface area (Å²) in [6.07, 6.45) is 1.47.